The van der Waals surface area contributed by atoms with Gasteiger partial charge in [0.1, 0.15) is 5.82 Å². The van der Waals surface area contributed by atoms with Gasteiger partial charge in [-0.05, 0) is 36.4 Å². The molecular formula is C20H22FN3O4. The van der Waals surface area contributed by atoms with E-state index < -0.39 is 11.8 Å². The fourth-order valence-corrected chi connectivity index (χ4v) is 3.06. The number of rotatable bonds is 4. The number of benzene rings is 2. The normalized spacial score (nSPS) is 13.8. The highest BCUT2D eigenvalue weighted by atomic mass is 19.1. The molecule has 8 heteroatoms. The number of hydrogen-bond acceptors (Lipinski definition) is 5. The summed E-state index contributed by atoms with van der Waals surface area (Å²) in [7, 11) is 3.01. The largest absolute Gasteiger partial charge is 0.493 e. The van der Waals surface area contributed by atoms with Gasteiger partial charge >= 0.3 is 11.8 Å². The predicted molar refractivity (Wildman–Crippen MR) is 103 cm³/mol. The lowest BCUT2D eigenvalue weighted by molar-refractivity contribution is -0.143. The molecule has 0 aliphatic carbocycles. The molecule has 148 valence electrons. The lowest BCUT2D eigenvalue weighted by Crippen LogP contribution is -2.51. The molecule has 1 fully saturated rings. The number of nitrogens with zero attached hydrogens (tertiary/aromatic N) is 2. The van der Waals surface area contributed by atoms with E-state index in [-0.39, 0.29) is 5.82 Å². The number of ether oxygens (including phenoxy) is 2. The SMILES string of the molecule is COc1ccc(NC(=O)C(=O)N2CCN(c3ccc(F)cc3)CC2)cc1OC. The molecule has 2 aromatic rings. The van der Waals surface area contributed by atoms with Crippen molar-refractivity contribution < 1.29 is 23.5 Å². The lowest BCUT2D eigenvalue weighted by atomic mass is 10.2. The summed E-state index contributed by atoms with van der Waals surface area (Å²) in [5.41, 5.74) is 1.34. The molecule has 1 aliphatic rings. The van der Waals surface area contributed by atoms with Crippen molar-refractivity contribution in [2.75, 3.05) is 50.6 Å². The number of hydrogen-bond donors (Lipinski definition) is 1. The number of anilines is 2. The summed E-state index contributed by atoms with van der Waals surface area (Å²) < 4.78 is 23.4. The fraction of sp³-hybridized carbons (Fsp3) is 0.300. The highest BCUT2D eigenvalue weighted by Crippen LogP contribution is 2.29. The van der Waals surface area contributed by atoms with Crippen LogP contribution in [0.4, 0.5) is 15.8 Å². The molecule has 1 saturated heterocycles. The zero-order chi connectivity index (χ0) is 20.1. The van der Waals surface area contributed by atoms with Crippen molar-refractivity contribution in [2.45, 2.75) is 0 Å². The van der Waals surface area contributed by atoms with Gasteiger partial charge in [0.05, 0.1) is 14.2 Å². The van der Waals surface area contributed by atoms with Gasteiger partial charge in [-0.3, -0.25) is 9.59 Å². The third-order valence-electron chi connectivity index (χ3n) is 4.59. The standard InChI is InChI=1S/C20H22FN3O4/c1-27-17-8-5-15(13-18(17)28-2)22-19(25)20(26)24-11-9-23(10-12-24)16-6-3-14(21)4-7-16/h3-8,13H,9-12H2,1-2H3,(H,22,25). The first-order valence-electron chi connectivity index (χ1n) is 8.84. The Balaban J connectivity index is 1.57. The van der Waals surface area contributed by atoms with Crippen LogP contribution in [0.5, 0.6) is 11.5 Å². The van der Waals surface area contributed by atoms with Gasteiger partial charge in [0.25, 0.3) is 0 Å². The second-order valence-corrected chi connectivity index (χ2v) is 6.28. The Kier molecular flexibility index (Phi) is 5.98. The maximum absolute atomic E-state index is 13.0. The van der Waals surface area contributed by atoms with Crippen LogP contribution in [0.3, 0.4) is 0 Å². The third-order valence-corrected chi connectivity index (χ3v) is 4.59. The molecule has 1 aliphatic heterocycles. The van der Waals surface area contributed by atoms with Gasteiger partial charge in [-0.1, -0.05) is 0 Å². The Labute approximate surface area is 162 Å². The average molecular weight is 387 g/mol. The monoisotopic (exact) mass is 387 g/mol. The van der Waals surface area contributed by atoms with Crippen molar-refractivity contribution in [3.05, 3.63) is 48.3 Å². The minimum atomic E-state index is -0.706. The lowest BCUT2D eigenvalue weighted by Gasteiger charge is -2.35. The van der Waals surface area contributed by atoms with Gasteiger partial charge in [0, 0.05) is 43.6 Å². The molecule has 1 N–H and O–H groups in total. The summed E-state index contributed by atoms with van der Waals surface area (Å²) in [4.78, 5) is 28.3. The van der Waals surface area contributed by atoms with Crippen LogP contribution in [-0.2, 0) is 9.59 Å². The van der Waals surface area contributed by atoms with Crippen molar-refractivity contribution in [2.24, 2.45) is 0 Å². The molecule has 0 spiro atoms. The van der Waals surface area contributed by atoms with E-state index in [0.717, 1.165) is 5.69 Å². The second kappa shape index (κ2) is 8.60. The molecule has 1 heterocycles. The van der Waals surface area contributed by atoms with E-state index in [1.54, 1.807) is 30.3 Å². The number of halogens is 1. The second-order valence-electron chi connectivity index (χ2n) is 6.28. The van der Waals surface area contributed by atoms with E-state index >= 15 is 0 Å². The Bertz CT molecular complexity index is 849. The highest BCUT2D eigenvalue weighted by Gasteiger charge is 2.26. The molecule has 0 radical (unpaired) electrons. The van der Waals surface area contributed by atoms with E-state index in [0.29, 0.717) is 43.4 Å². The molecule has 28 heavy (non-hydrogen) atoms. The van der Waals surface area contributed by atoms with Crippen LogP contribution >= 0.6 is 0 Å². The van der Waals surface area contributed by atoms with Crippen LogP contribution in [0.2, 0.25) is 0 Å². The van der Waals surface area contributed by atoms with Crippen LogP contribution in [0.15, 0.2) is 42.5 Å². The van der Waals surface area contributed by atoms with E-state index in [9.17, 15) is 14.0 Å². The highest BCUT2D eigenvalue weighted by molar-refractivity contribution is 6.39. The van der Waals surface area contributed by atoms with E-state index in [4.69, 9.17) is 9.47 Å². The summed E-state index contributed by atoms with van der Waals surface area (Å²) >= 11 is 0. The van der Waals surface area contributed by atoms with Gasteiger partial charge in [0.15, 0.2) is 11.5 Å². The van der Waals surface area contributed by atoms with Crippen molar-refractivity contribution in [1.82, 2.24) is 4.90 Å². The summed E-state index contributed by atoms with van der Waals surface area (Å²) in [6, 6.07) is 11.1. The fourth-order valence-electron chi connectivity index (χ4n) is 3.06. The molecular weight excluding hydrogens is 365 g/mol. The Morgan fingerprint density at radius 1 is 0.929 bits per heavy atom. The van der Waals surface area contributed by atoms with Crippen LogP contribution in [-0.4, -0.2) is 57.1 Å². The van der Waals surface area contributed by atoms with Gasteiger partial charge in [-0.25, -0.2) is 4.39 Å². The Morgan fingerprint density at radius 2 is 1.57 bits per heavy atom. The van der Waals surface area contributed by atoms with Gasteiger partial charge in [0.2, 0.25) is 0 Å². The number of piperazine rings is 1. The Hall–Kier alpha value is -3.29. The Morgan fingerprint density at radius 3 is 2.18 bits per heavy atom. The molecule has 0 bridgehead atoms. The summed E-state index contributed by atoms with van der Waals surface area (Å²) in [5, 5.41) is 2.59. The minimum absolute atomic E-state index is 0.288. The molecule has 3 rings (SSSR count). The minimum Gasteiger partial charge on any atom is -0.493 e. The third kappa shape index (κ3) is 4.33. The van der Waals surface area contributed by atoms with E-state index in [1.807, 2.05) is 0 Å². The maximum Gasteiger partial charge on any atom is 0.313 e. The van der Waals surface area contributed by atoms with E-state index in [1.165, 1.54) is 31.3 Å². The molecule has 0 aromatic heterocycles. The van der Waals surface area contributed by atoms with Crippen LogP contribution in [0.25, 0.3) is 0 Å². The molecule has 2 aromatic carbocycles. The summed E-state index contributed by atoms with van der Waals surface area (Å²) in [6.07, 6.45) is 0. The zero-order valence-electron chi connectivity index (χ0n) is 15.8. The number of amides is 2. The van der Waals surface area contributed by atoms with Gasteiger partial charge < -0.3 is 24.6 Å². The van der Waals surface area contributed by atoms with Gasteiger partial charge in [-0.15, -0.1) is 0 Å². The number of carbonyl (C=O) groups excluding carboxylic acids is 2. The van der Waals surface area contributed by atoms with Crippen LogP contribution < -0.4 is 19.7 Å². The molecule has 7 nitrogen and oxygen atoms in total. The van der Waals surface area contributed by atoms with Crippen molar-refractivity contribution in [3.8, 4) is 11.5 Å². The number of nitrogens with one attached hydrogen (secondary N) is 1. The van der Waals surface area contributed by atoms with Crippen molar-refractivity contribution >= 4 is 23.2 Å². The first kappa shape index (κ1) is 19.5. The number of methoxy groups -OCH3 is 2. The van der Waals surface area contributed by atoms with Crippen LogP contribution in [0.1, 0.15) is 0 Å². The smallest absolute Gasteiger partial charge is 0.313 e. The van der Waals surface area contributed by atoms with Crippen LogP contribution in [0, 0.1) is 5.82 Å². The average Bonchev–Trinajstić information content (AvgIpc) is 2.73. The predicted octanol–water partition coefficient (Wildman–Crippen LogP) is 2.13. The van der Waals surface area contributed by atoms with Gasteiger partial charge in [-0.2, -0.15) is 0 Å². The van der Waals surface area contributed by atoms with Crippen molar-refractivity contribution in [1.29, 1.82) is 0 Å². The molecule has 0 atom stereocenters. The first-order valence-corrected chi connectivity index (χ1v) is 8.84. The molecule has 0 unspecified atom stereocenters. The first-order chi connectivity index (χ1) is 13.5. The molecule has 2 amide bonds. The number of carbonyl (C=O) groups is 2. The maximum atomic E-state index is 13.0. The zero-order valence-corrected chi connectivity index (χ0v) is 15.8. The summed E-state index contributed by atoms with van der Waals surface area (Å²) in [6.45, 7) is 1.97. The van der Waals surface area contributed by atoms with Crippen molar-refractivity contribution in [3.63, 3.8) is 0 Å². The topological polar surface area (TPSA) is 71.1 Å². The quantitative estimate of drug-likeness (QED) is 0.814. The van der Waals surface area contributed by atoms with E-state index in [2.05, 4.69) is 10.2 Å². The summed E-state index contributed by atoms with van der Waals surface area (Å²) in [5.74, 6) is -0.593. The molecule has 0 saturated carbocycles.